The van der Waals surface area contributed by atoms with Gasteiger partial charge in [-0.05, 0) is 12.3 Å². The van der Waals surface area contributed by atoms with E-state index in [1.54, 1.807) is 27.0 Å². The van der Waals surface area contributed by atoms with Crippen LogP contribution in [0.1, 0.15) is 30.7 Å². The highest BCUT2D eigenvalue weighted by Gasteiger charge is 2.32. The van der Waals surface area contributed by atoms with E-state index in [4.69, 9.17) is 5.11 Å². The molecule has 1 aromatic heterocycles. The summed E-state index contributed by atoms with van der Waals surface area (Å²) in [6.07, 6.45) is 1.73. The molecule has 1 heterocycles. The number of aromatic nitrogens is 1. The van der Waals surface area contributed by atoms with Crippen molar-refractivity contribution in [3.63, 3.8) is 0 Å². The zero-order valence-corrected chi connectivity index (χ0v) is 12.3. The molecule has 0 radical (unpaired) electrons. The minimum atomic E-state index is -1.05. The van der Waals surface area contributed by atoms with Crippen molar-refractivity contribution in [1.82, 2.24) is 15.6 Å². The normalized spacial score (nSPS) is 12.8. The van der Waals surface area contributed by atoms with Gasteiger partial charge >= 0.3 is 12.0 Å². The number of carboxylic acid groups (broad SMARTS) is 1. The summed E-state index contributed by atoms with van der Waals surface area (Å²) in [5.74, 6) is -1.05. The Hall–Kier alpha value is -1.63. The van der Waals surface area contributed by atoms with Crippen LogP contribution in [-0.2, 0) is 11.3 Å². The van der Waals surface area contributed by atoms with E-state index in [0.29, 0.717) is 6.54 Å². The molecule has 6 nitrogen and oxygen atoms in total. The summed E-state index contributed by atoms with van der Waals surface area (Å²) in [6.45, 7) is 7.50. The first-order valence-electron chi connectivity index (χ1n) is 5.88. The van der Waals surface area contributed by atoms with Crippen LogP contribution >= 0.6 is 11.3 Å². The quantitative estimate of drug-likeness (QED) is 0.786. The summed E-state index contributed by atoms with van der Waals surface area (Å²) in [5.41, 5.74) is -0.555. The zero-order valence-electron chi connectivity index (χ0n) is 11.5. The number of aliphatic carboxylic acids is 1. The number of hydrogen-bond donors (Lipinski definition) is 3. The molecule has 7 heteroatoms. The third kappa shape index (κ3) is 4.86. The highest BCUT2D eigenvalue weighted by molar-refractivity contribution is 7.11. The van der Waals surface area contributed by atoms with Gasteiger partial charge in [-0.25, -0.2) is 14.6 Å². The summed E-state index contributed by atoms with van der Waals surface area (Å²) >= 11 is 1.49. The van der Waals surface area contributed by atoms with E-state index in [9.17, 15) is 9.59 Å². The number of urea groups is 1. The molecule has 0 aliphatic rings. The molecule has 106 valence electrons. The number of carbonyl (C=O) groups excluding carboxylic acids is 1. The summed E-state index contributed by atoms with van der Waals surface area (Å²) < 4.78 is 0. The van der Waals surface area contributed by atoms with Crippen LogP contribution < -0.4 is 10.6 Å². The number of nitrogens with one attached hydrogen (secondary N) is 2. The fourth-order valence-corrected chi connectivity index (χ4v) is 2.20. The van der Waals surface area contributed by atoms with Gasteiger partial charge in [-0.1, -0.05) is 20.8 Å². The molecule has 0 bridgehead atoms. The van der Waals surface area contributed by atoms with Crippen LogP contribution in [0.25, 0.3) is 0 Å². The second-order valence-electron chi connectivity index (χ2n) is 5.33. The number of thiazole rings is 1. The van der Waals surface area contributed by atoms with Crippen LogP contribution in [0.15, 0.2) is 6.20 Å². The third-order valence-corrected chi connectivity index (χ3v) is 3.37. The fraction of sp³-hybridized carbons (Fsp3) is 0.583. The van der Waals surface area contributed by atoms with Gasteiger partial charge in [0.05, 0.1) is 6.54 Å². The SMILES string of the molecule is Cc1cnc(CNC(=O)NC(C(=O)O)C(C)(C)C)s1. The first-order valence-corrected chi connectivity index (χ1v) is 6.70. The van der Waals surface area contributed by atoms with Crippen LogP contribution in [0.5, 0.6) is 0 Å². The van der Waals surface area contributed by atoms with Gasteiger partial charge in [0, 0.05) is 11.1 Å². The van der Waals surface area contributed by atoms with E-state index in [-0.39, 0.29) is 0 Å². The van der Waals surface area contributed by atoms with Gasteiger partial charge in [0.15, 0.2) is 0 Å². The molecule has 0 aliphatic carbocycles. The van der Waals surface area contributed by atoms with Gasteiger partial charge in [0.2, 0.25) is 0 Å². The predicted octanol–water partition coefficient (Wildman–Crippen LogP) is 1.75. The molecule has 0 fully saturated rings. The van der Waals surface area contributed by atoms with Crippen molar-refractivity contribution in [1.29, 1.82) is 0 Å². The molecule has 0 saturated carbocycles. The van der Waals surface area contributed by atoms with Gasteiger partial charge < -0.3 is 15.7 Å². The van der Waals surface area contributed by atoms with Crippen molar-refractivity contribution in [3.8, 4) is 0 Å². The van der Waals surface area contributed by atoms with E-state index in [0.717, 1.165) is 9.88 Å². The first kappa shape index (κ1) is 15.4. The molecule has 19 heavy (non-hydrogen) atoms. The lowest BCUT2D eigenvalue weighted by Gasteiger charge is -2.27. The van der Waals surface area contributed by atoms with E-state index < -0.39 is 23.5 Å². The smallest absolute Gasteiger partial charge is 0.326 e. The van der Waals surface area contributed by atoms with Gasteiger partial charge in [-0.15, -0.1) is 11.3 Å². The molecule has 2 amide bonds. The summed E-state index contributed by atoms with van der Waals surface area (Å²) in [4.78, 5) is 28.0. The van der Waals surface area contributed by atoms with Crippen LogP contribution in [0.4, 0.5) is 4.79 Å². The van der Waals surface area contributed by atoms with Crippen molar-refractivity contribution in [2.45, 2.75) is 40.3 Å². The van der Waals surface area contributed by atoms with Gasteiger partial charge in [-0.2, -0.15) is 0 Å². The molecule has 0 aliphatic heterocycles. The van der Waals surface area contributed by atoms with Crippen LogP contribution in [0.3, 0.4) is 0 Å². The van der Waals surface area contributed by atoms with Crippen LogP contribution in [0.2, 0.25) is 0 Å². The summed E-state index contributed by atoms with van der Waals surface area (Å²) in [7, 11) is 0. The molecule has 1 atom stereocenters. The van der Waals surface area contributed by atoms with Crippen LogP contribution in [-0.4, -0.2) is 28.1 Å². The highest BCUT2D eigenvalue weighted by Crippen LogP contribution is 2.19. The maximum Gasteiger partial charge on any atom is 0.326 e. The molecule has 1 unspecified atom stereocenters. The lowest BCUT2D eigenvalue weighted by atomic mass is 9.87. The number of carbonyl (C=O) groups is 2. The topological polar surface area (TPSA) is 91.3 Å². The Morgan fingerprint density at radius 1 is 1.47 bits per heavy atom. The Morgan fingerprint density at radius 3 is 2.53 bits per heavy atom. The summed E-state index contributed by atoms with van der Waals surface area (Å²) in [5, 5.41) is 14.9. The van der Waals surface area contributed by atoms with E-state index in [1.165, 1.54) is 11.3 Å². The average molecular weight is 285 g/mol. The monoisotopic (exact) mass is 285 g/mol. The van der Waals surface area contributed by atoms with Crippen molar-refractivity contribution in [2.75, 3.05) is 0 Å². The number of amides is 2. The largest absolute Gasteiger partial charge is 0.480 e. The van der Waals surface area contributed by atoms with Crippen LogP contribution in [0, 0.1) is 12.3 Å². The third-order valence-electron chi connectivity index (χ3n) is 2.46. The Morgan fingerprint density at radius 2 is 2.11 bits per heavy atom. The van der Waals surface area contributed by atoms with Crippen molar-refractivity contribution in [3.05, 3.63) is 16.1 Å². The molecule has 0 aromatic carbocycles. The molecule has 3 N–H and O–H groups in total. The molecule has 1 rings (SSSR count). The summed E-state index contributed by atoms with van der Waals surface area (Å²) in [6, 6.07) is -1.44. The number of hydrogen-bond acceptors (Lipinski definition) is 4. The Labute approximate surface area is 116 Å². The Kier molecular flexibility index (Phi) is 4.88. The first-order chi connectivity index (χ1) is 8.70. The molecule has 1 aromatic rings. The average Bonchev–Trinajstić information content (AvgIpc) is 2.67. The van der Waals surface area contributed by atoms with E-state index in [2.05, 4.69) is 15.6 Å². The van der Waals surface area contributed by atoms with Gasteiger partial charge in [0.25, 0.3) is 0 Å². The van der Waals surface area contributed by atoms with Crippen molar-refractivity contribution in [2.24, 2.45) is 5.41 Å². The molecular weight excluding hydrogens is 266 g/mol. The molecular formula is C12H19N3O3S. The van der Waals surface area contributed by atoms with Crippen molar-refractivity contribution < 1.29 is 14.7 Å². The maximum absolute atomic E-state index is 11.7. The van der Waals surface area contributed by atoms with E-state index in [1.807, 2.05) is 6.92 Å². The number of nitrogens with zero attached hydrogens (tertiary/aromatic N) is 1. The second kappa shape index (κ2) is 6.01. The highest BCUT2D eigenvalue weighted by atomic mass is 32.1. The predicted molar refractivity (Wildman–Crippen MR) is 73.1 cm³/mol. The number of carboxylic acids is 1. The second-order valence-corrected chi connectivity index (χ2v) is 6.65. The van der Waals surface area contributed by atoms with Gasteiger partial charge in [-0.3, -0.25) is 0 Å². The molecule has 0 saturated heterocycles. The minimum absolute atomic E-state index is 0.292. The standard InChI is InChI=1S/C12H19N3O3S/c1-7-5-13-8(19-7)6-14-11(18)15-9(10(16)17)12(2,3)4/h5,9H,6H2,1-4H3,(H,16,17)(H2,14,15,18). The van der Waals surface area contributed by atoms with Gasteiger partial charge in [0.1, 0.15) is 11.0 Å². The lowest BCUT2D eigenvalue weighted by molar-refractivity contribution is -0.141. The van der Waals surface area contributed by atoms with E-state index >= 15 is 0 Å². The van der Waals surface area contributed by atoms with Crippen molar-refractivity contribution >= 4 is 23.3 Å². The number of rotatable bonds is 4. The minimum Gasteiger partial charge on any atom is -0.480 e. The Bertz CT molecular complexity index is 465. The molecule has 0 spiro atoms. The Balaban J connectivity index is 2.52. The fourth-order valence-electron chi connectivity index (χ4n) is 1.47. The number of aryl methyl sites for hydroxylation is 1. The maximum atomic E-state index is 11.7. The zero-order chi connectivity index (χ0) is 14.6. The lowest BCUT2D eigenvalue weighted by Crippen LogP contribution is -2.52.